The van der Waals surface area contributed by atoms with Crippen LogP contribution in [0.2, 0.25) is 5.02 Å². The van der Waals surface area contributed by atoms with Gasteiger partial charge >= 0.3 is 0 Å². The number of aliphatic hydroxyl groups excluding tert-OH is 1. The molecule has 2 fully saturated rings. The summed E-state index contributed by atoms with van der Waals surface area (Å²) in [7, 11) is 1.61. The fourth-order valence-electron chi connectivity index (χ4n) is 4.62. The third-order valence-electron chi connectivity index (χ3n) is 6.31. The first-order chi connectivity index (χ1) is 15.2. The molecule has 4 rings (SSSR count). The molecule has 2 atom stereocenters. The van der Waals surface area contributed by atoms with Crippen LogP contribution < -0.4 is 0 Å². The van der Waals surface area contributed by atoms with Crippen LogP contribution in [0.3, 0.4) is 0 Å². The van der Waals surface area contributed by atoms with E-state index in [4.69, 9.17) is 11.6 Å². The number of ketones is 1. The number of Topliss-reactive ketones (excluding diaryl/α,β-unsaturated/α-hetero) is 1. The lowest BCUT2D eigenvalue weighted by atomic mass is 9.80. The van der Waals surface area contributed by atoms with Gasteiger partial charge in [0.05, 0.1) is 17.7 Å². The van der Waals surface area contributed by atoms with Crippen molar-refractivity contribution in [1.29, 1.82) is 0 Å². The Bertz CT molecular complexity index is 1040. The predicted octanol–water partition coefficient (Wildman–Crippen LogP) is 1.11. The Kier molecular flexibility index (Phi) is 6.05. The van der Waals surface area contributed by atoms with Crippen molar-refractivity contribution < 1.29 is 28.7 Å². The van der Waals surface area contributed by atoms with E-state index in [1.54, 1.807) is 7.05 Å². The number of hydrogen-bond acceptors (Lipinski definition) is 5. The van der Waals surface area contributed by atoms with Crippen LogP contribution in [0.5, 0.6) is 0 Å². The van der Waals surface area contributed by atoms with Gasteiger partial charge in [0.1, 0.15) is 17.4 Å². The van der Waals surface area contributed by atoms with Crippen molar-refractivity contribution in [2.24, 2.45) is 5.92 Å². The van der Waals surface area contributed by atoms with E-state index in [2.05, 4.69) is 0 Å². The van der Waals surface area contributed by atoms with E-state index in [1.165, 1.54) is 28.0 Å². The quantitative estimate of drug-likeness (QED) is 0.535. The van der Waals surface area contributed by atoms with Gasteiger partial charge in [-0.05, 0) is 42.5 Å². The van der Waals surface area contributed by atoms with Gasteiger partial charge in [-0.2, -0.15) is 0 Å². The van der Waals surface area contributed by atoms with Gasteiger partial charge in [0.15, 0.2) is 0 Å². The molecule has 2 saturated heterocycles. The molecule has 170 valence electrons. The third kappa shape index (κ3) is 3.69. The van der Waals surface area contributed by atoms with Crippen molar-refractivity contribution in [2.45, 2.75) is 31.8 Å². The van der Waals surface area contributed by atoms with Crippen molar-refractivity contribution in [2.75, 3.05) is 26.7 Å². The number of aliphatic hydroxyl groups is 1. The van der Waals surface area contributed by atoms with Gasteiger partial charge in [0, 0.05) is 26.7 Å². The molecule has 3 aliphatic heterocycles. The van der Waals surface area contributed by atoms with Gasteiger partial charge in [-0.3, -0.25) is 24.1 Å². The third-order valence-corrected chi connectivity index (χ3v) is 6.60. The number of fused-ring (bicyclic) bond motifs is 2. The summed E-state index contributed by atoms with van der Waals surface area (Å²) in [5, 5.41) is 9.76. The lowest BCUT2D eigenvalue weighted by molar-refractivity contribution is -0.155. The van der Waals surface area contributed by atoms with Gasteiger partial charge in [0.25, 0.3) is 11.8 Å². The Morgan fingerprint density at radius 2 is 1.91 bits per heavy atom. The summed E-state index contributed by atoms with van der Waals surface area (Å²) in [4.78, 5) is 56.5. The summed E-state index contributed by atoms with van der Waals surface area (Å²) < 4.78 is 13.5. The number of carbonyl (C=O) groups excluding carboxylic acids is 4. The molecule has 0 aromatic heterocycles. The number of likely N-dealkylation sites (N-methyl/N-ethyl adjacent to an activating group) is 1. The Morgan fingerprint density at radius 3 is 2.59 bits per heavy atom. The normalized spacial score (nSPS) is 24.4. The highest BCUT2D eigenvalue weighted by Gasteiger charge is 2.51. The number of rotatable bonds is 3. The van der Waals surface area contributed by atoms with Crippen molar-refractivity contribution >= 4 is 35.1 Å². The zero-order valence-electron chi connectivity index (χ0n) is 17.5. The lowest BCUT2D eigenvalue weighted by Gasteiger charge is -2.44. The largest absolute Gasteiger partial charge is 0.394 e. The van der Waals surface area contributed by atoms with Crippen LogP contribution in [0.25, 0.3) is 0 Å². The second-order valence-electron chi connectivity index (χ2n) is 8.31. The van der Waals surface area contributed by atoms with E-state index in [0.717, 1.165) is 4.90 Å². The molecule has 1 aromatic carbocycles. The molecule has 1 N–H and O–H groups in total. The fourth-order valence-corrected chi connectivity index (χ4v) is 4.82. The van der Waals surface area contributed by atoms with Gasteiger partial charge < -0.3 is 14.9 Å². The number of hydrogen-bond donors (Lipinski definition) is 1. The highest BCUT2D eigenvalue weighted by molar-refractivity contribution is 6.43. The molecule has 1 aromatic rings. The molecule has 3 heterocycles. The maximum Gasteiger partial charge on any atom is 0.296 e. The monoisotopic (exact) mass is 463 g/mol. The van der Waals surface area contributed by atoms with E-state index in [-0.39, 0.29) is 36.8 Å². The SMILES string of the molecule is CN1CCC[C@@H](CO)N2C(=O)C(=O)C3C(=O)N(Cc4ccc(F)c(Cl)c4)CCC3=C2C1=O. The molecule has 1 unspecified atom stereocenters. The molecule has 8 nitrogen and oxygen atoms in total. The molecule has 0 spiro atoms. The minimum absolute atomic E-state index is 0.0404. The van der Waals surface area contributed by atoms with Crippen LogP contribution in [0, 0.1) is 11.7 Å². The van der Waals surface area contributed by atoms with Gasteiger partial charge in [0.2, 0.25) is 11.7 Å². The number of nitrogens with zero attached hydrogens (tertiary/aromatic N) is 3. The predicted molar refractivity (Wildman–Crippen MR) is 112 cm³/mol. The fraction of sp³-hybridized carbons (Fsp3) is 0.455. The smallest absolute Gasteiger partial charge is 0.296 e. The Labute approximate surface area is 189 Å². The summed E-state index contributed by atoms with van der Waals surface area (Å²) in [5.74, 6) is -4.80. The highest BCUT2D eigenvalue weighted by Crippen LogP contribution is 2.37. The van der Waals surface area contributed by atoms with E-state index in [9.17, 15) is 28.7 Å². The van der Waals surface area contributed by atoms with E-state index >= 15 is 0 Å². The second kappa shape index (κ2) is 8.63. The number of halogens is 2. The van der Waals surface area contributed by atoms with Crippen molar-refractivity contribution in [3.05, 3.63) is 45.9 Å². The first-order valence-corrected chi connectivity index (χ1v) is 10.8. The average Bonchev–Trinajstić information content (AvgIpc) is 2.76. The van der Waals surface area contributed by atoms with Crippen LogP contribution >= 0.6 is 11.6 Å². The minimum Gasteiger partial charge on any atom is -0.394 e. The molecule has 0 bridgehead atoms. The van der Waals surface area contributed by atoms with Crippen LogP contribution in [0.4, 0.5) is 4.39 Å². The van der Waals surface area contributed by atoms with Gasteiger partial charge in [-0.1, -0.05) is 17.7 Å². The van der Waals surface area contributed by atoms with E-state index in [1.807, 2.05) is 0 Å². The van der Waals surface area contributed by atoms with Crippen LogP contribution in [0.15, 0.2) is 29.5 Å². The van der Waals surface area contributed by atoms with Crippen molar-refractivity contribution in [3.63, 3.8) is 0 Å². The van der Waals surface area contributed by atoms with Crippen LogP contribution in [-0.2, 0) is 25.7 Å². The molecular formula is C22H23ClFN3O5. The molecule has 0 aliphatic carbocycles. The number of carbonyl (C=O) groups is 4. The number of amides is 3. The summed E-state index contributed by atoms with van der Waals surface area (Å²) in [6.45, 7) is 0.372. The molecule has 3 aliphatic rings. The molecule has 0 saturated carbocycles. The summed E-state index contributed by atoms with van der Waals surface area (Å²) >= 11 is 5.83. The number of likely N-dealkylation sites (tertiary alicyclic amines) is 1. The lowest BCUT2D eigenvalue weighted by Crippen LogP contribution is -2.59. The maximum atomic E-state index is 13.5. The molecular weight excluding hydrogens is 441 g/mol. The Morgan fingerprint density at radius 1 is 1.16 bits per heavy atom. The van der Waals surface area contributed by atoms with Crippen LogP contribution in [0.1, 0.15) is 24.8 Å². The van der Waals surface area contributed by atoms with Crippen LogP contribution in [-0.4, -0.2) is 76.1 Å². The number of benzene rings is 1. The Hall–Kier alpha value is -2.78. The van der Waals surface area contributed by atoms with Crippen molar-refractivity contribution in [1.82, 2.24) is 14.7 Å². The van der Waals surface area contributed by atoms with E-state index < -0.39 is 41.3 Å². The zero-order chi connectivity index (χ0) is 23.2. The standard InChI is InChI=1S/C22H23ClFN3O5/c1-25-7-2-3-13(11-28)27-18(21(25)31)14-6-8-26(20(30)17(14)19(29)22(27)32)10-12-4-5-16(24)15(23)9-12/h4-5,9,13,17,28H,2-3,6-8,10-11H2,1H3/t13-,17?/m0/s1. The first kappa shape index (κ1) is 22.4. The van der Waals surface area contributed by atoms with Crippen molar-refractivity contribution in [3.8, 4) is 0 Å². The van der Waals surface area contributed by atoms with E-state index in [0.29, 0.717) is 30.5 Å². The second-order valence-corrected chi connectivity index (χ2v) is 8.72. The summed E-state index contributed by atoms with van der Waals surface area (Å²) in [6.07, 6.45) is 1.23. The molecule has 3 amide bonds. The molecule has 0 radical (unpaired) electrons. The summed E-state index contributed by atoms with van der Waals surface area (Å²) in [5.41, 5.74) is 0.947. The molecule has 10 heteroatoms. The van der Waals surface area contributed by atoms with Gasteiger partial charge in [-0.25, -0.2) is 4.39 Å². The summed E-state index contributed by atoms with van der Waals surface area (Å²) in [6, 6.07) is 3.41. The molecule has 32 heavy (non-hydrogen) atoms. The number of piperidine rings is 1. The maximum absolute atomic E-state index is 13.5. The first-order valence-electron chi connectivity index (χ1n) is 10.4. The topological polar surface area (TPSA) is 98.2 Å². The minimum atomic E-state index is -1.37. The average molecular weight is 464 g/mol. The highest BCUT2D eigenvalue weighted by atomic mass is 35.5. The Balaban J connectivity index is 1.72. The zero-order valence-corrected chi connectivity index (χ0v) is 18.3. The van der Waals surface area contributed by atoms with Gasteiger partial charge in [-0.15, -0.1) is 0 Å².